The van der Waals surface area contributed by atoms with Crippen LogP contribution in [0.4, 0.5) is 18.9 Å². The maximum absolute atomic E-state index is 12.1. The number of hydrogen-bond acceptors (Lipinski definition) is 3. The Morgan fingerprint density at radius 1 is 1.33 bits per heavy atom. The average Bonchev–Trinajstić information content (AvgIpc) is 2.46. The molecule has 0 spiro atoms. The summed E-state index contributed by atoms with van der Waals surface area (Å²) in [6.45, 7) is -1.16. The highest BCUT2D eigenvalue weighted by Crippen LogP contribution is 2.21. The van der Waals surface area contributed by atoms with Gasteiger partial charge in [-0.05, 0) is 18.2 Å². The van der Waals surface area contributed by atoms with Gasteiger partial charge in [-0.25, -0.2) is 4.68 Å². The van der Waals surface area contributed by atoms with Gasteiger partial charge in [0.2, 0.25) is 0 Å². The van der Waals surface area contributed by atoms with Crippen LogP contribution in [0, 0.1) is 0 Å². The van der Waals surface area contributed by atoms with Gasteiger partial charge in [-0.1, -0.05) is 5.21 Å². The third-order valence-electron chi connectivity index (χ3n) is 1.87. The number of nitrogens with zero attached hydrogens (tertiary/aromatic N) is 3. The molecule has 2 aromatic rings. The molecule has 2 rings (SSSR count). The Morgan fingerprint density at radius 2 is 2.07 bits per heavy atom. The summed E-state index contributed by atoms with van der Waals surface area (Å²) in [7, 11) is 0. The first kappa shape index (κ1) is 9.75. The van der Waals surface area contributed by atoms with Crippen LogP contribution in [0.1, 0.15) is 0 Å². The standard InChI is InChI=1S/C8H7F3N4/c9-8(10,11)4-15-7-3-5(12)1-2-6(7)13-14-15/h1-3H,4,12H2. The van der Waals surface area contributed by atoms with Gasteiger partial charge >= 0.3 is 6.18 Å². The molecule has 15 heavy (non-hydrogen) atoms. The van der Waals surface area contributed by atoms with Gasteiger partial charge in [-0.2, -0.15) is 13.2 Å². The van der Waals surface area contributed by atoms with Gasteiger partial charge in [0, 0.05) is 5.69 Å². The number of benzene rings is 1. The predicted octanol–water partition coefficient (Wildman–Crippen LogP) is 1.58. The fourth-order valence-corrected chi connectivity index (χ4v) is 1.27. The third kappa shape index (κ3) is 2.00. The first-order valence-corrected chi connectivity index (χ1v) is 4.11. The lowest BCUT2D eigenvalue weighted by Crippen LogP contribution is -2.18. The van der Waals surface area contributed by atoms with E-state index < -0.39 is 12.7 Å². The number of alkyl halides is 3. The summed E-state index contributed by atoms with van der Waals surface area (Å²) in [6, 6.07) is 4.51. The summed E-state index contributed by atoms with van der Waals surface area (Å²) in [5.41, 5.74) is 6.53. The van der Waals surface area contributed by atoms with Gasteiger partial charge in [0.15, 0.2) is 0 Å². The predicted molar refractivity (Wildman–Crippen MR) is 48.0 cm³/mol. The van der Waals surface area contributed by atoms with Crippen molar-refractivity contribution in [2.45, 2.75) is 12.7 Å². The maximum Gasteiger partial charge on any atom is 0.408 e. The molecule has 0 aliphatic carbocycles. The lowest BCUT2D eigenvalue weighted by Gasteiger charge is -2.06. The molecular weight excluding hydrogens is 209 g/mol. The number of aromatic nitrogens is 3. The van der Waals surface area contributed by atoms with Crippen molar-refractivity contribution in [3.63, 3.8) is 0 Å². The van der Waals surface area contributed by atoms with Gasteiger partial charge in [0.25, 0.3) is 0 Å². The lowest BCUT2D eigenvalue weighted by molar-refractivity contribution is -0.142. The highest BCUT2D eigenvalue weighted by atomic mass is 19.4. The smallest absolute Gasteiger partial charge is 0.399 e. The van der Waals surface area contributed by atoms with Gasteiger partial charge in [-0.15, -0.1) is 5.10 Å². The van der Waals surface area contributed by atoms with Crippen LogP contribution in [0.25, 0.3) is 11.0 Å². The summed E-state index contributed by atoms with van der Waals surface area (Å²) >= 11 is 0. The van der Waals surface area contributed by atoms with Crippen molar-refractivity contribution in [1.29, 1.82) is 0 Å². The number of nitrogen functional groups attached to an aromatic ring is 1. The monoisotopic (exact) mass is 216 g/mol. The van der Waals surface area contributed by atoms with E-state index >= 15 is 0 Å². The molecule has 0 unspecified atom stereocenters. The van der Waals surface area contributed by atoms with Crippen LogP contribution >= 0.6 is 0 Å². The Morgan fingerprint density at radius 3 is 2.73 bits per heavy atom. The van der Waals surface area contributed by atoms with Crippen LogP contribution in [0.15, 0.2) is 18.2 Å². The molecule has 0 fully saturated rings. The Kier molecular flexibility index (Phi) is 2.02. The Balaban J connectivity index is 2.48. The number of fused-ring (bicyclic) bond motifs is 1. The lowest BCUT2D eigenvalue weighted by atomic mass is 10.3. The van der Waals surface area contributed by atoms with Crippen LogP contribution < -0.4 is 5.73 Å². The quantitative estimate of drug-likeness (QED) is 0.736. The number of hydrogen-bond donors (Lipinski definition) is 1. The molecule has 4 nitrogen and oxygen atoms in total. The summed E-state index contributed by atoms with van der Waals surface area (Å²) in [5, 5.41) is 7.01. The Bertz CT molecular complexity index is 488. The van der Waals surface area contributed by atoms with Crippen LogP contribution in [0.5, 0.6) is 0 Å². The van der Waals surface area contributed by atoms with E-state index in [1.165, 1.54) is 12.1 Å². The molecule has 0 saturated heterocycles. The molecular formula is C8H7F3N4. The Hall–Kier alpha value is -1.79. The normalized spacial score (nSPS) is 12.2. The van der Waals surface area contributed by atoms with Crippen molar-refractivity contribution >= 4 is 16.7 Å². The van der Waals surface area contributed by atoms with E-state index in [0.29, 0.717) is 11.2 Å². The van der Waals surface area contributed by atoms with Crippen LogP contribution in [-0.2, 0) is 6.54 Å². The van der Waals surface area contributed by atoms with Crippen molar-refractivity contribution in [2.24, 2.45) is 0 Å². The zero-order valence-electron chi connectivity index (χ0n) is 7.49. The molecule has 0 saturated carbocycles. The molecule has 0 bridgehead atoms. The summed E-state index contributed by atoms with van der Waals surface area (Å²) in [5.74, 6) is 0. The second kappa shape index (κ2) is 3.11. The molecule has 0 aliphatic heterocycles. The van der Waals surface area contributed by atoms with Gasteiger partial charge in [-0.3, -0.25) is 0 Å². The number of halogens is 3. The van der Waals surface area contributed by atoms with E-state index in [2.05, 4.69) is 10.3 Å². The third-order valence-corrected chi connectivity index (χ3v) is 1.87. The number of nitrogens with two attached hydrogens (primary N) is 1. The Labute approximate surface area is 82.5 Å². The first-order valence-electron chi connectivity index (χ1n) is 4.11. The van der Waals surface area contributed by atoms with Crippen molar-refractivity contribution in [3.8, 4) is 0 Å². The molecule has 1 heterocycles. The fourth-order valence-electron chi connectivity index (χ4n) is 1.27. The van der Waals surface area contributed by atoms with E-state index in [4.69, 9.17) is 5.73 Å². The molecule has 2 N–H and O–H groups in total. The minimum atomic E-state index is -4.31. The number of rotatable bonds is 1. The molecule has 7 heteroatoms. The van der Waals surface area contributed by atoms with Gasteiger partial charge < -0.3 is 5.73 Å². The van der Waals surface area contributed by atoms with E-state index in [0.717, 1.165) is 4.68 Å². The molecule has 1 aromatic heterocycles. The summed E-state index contributed by atoms with van der Waals surface area (Å²) in [6.07, 6.45) is -4.31. The van der Waals surface area contributed by atoms with E-state index in [-0.39, 0.29) is 5.52 Å². The molecule has 80 valence electrons. The van der Waals surface area contributed by atoms with Crippen LogP contribution in [0.3, 0.4) is 0 Å². The minimum absolute atomic E-state index is 0.285. The van der Waals surface area contributed by atoms with Gasteiger partial charge in [0.1, 0.15) is 12.1 Å². The van der Waals surface area contributed by atoms with E-state index in [1.807, 2.05) is 0 Å². The first-order chi connectivity index (χ1) is 6.96. The summed E-state index contributed by atoms with van der Waals surface area (Å²) < 4.78 is 37.2. The van der Waals surface area contributed by atoms with Gasteiger partial charge in [0.05, 0.1) is 5.52 Å². The zero-order valence-corrected chi connectivity index (χ0v) is 7.49. The topological polar surface area (TPSA) is 56.7 Å². The second-order valence-electron chi connectivity index (χ2n) is 3.11. The molecule has 0 amide bonds. The fraction of sp³-hybridized carbons (Fsp3) is 0.250. The van der Waals surface area contributed by atoms with Crippen LogP contribution in [0.2, 0.25) is 0 Å². The average molecular weight is 216 g/mol. The highest BCUT2D eigenvalue weighted by Gasteiger charge is 2.29. The largest absolute Gasteiger partial charge is 0.408 e. The number of anilines is 1. The van der Waals surface area contributed by atoms with Crippen molar-refractivity contribution in [1.82, 2.24) is 15.0 Å². The second-order valence-corrected chi connectivity index (χ2v) is 3.11. The van der Waals surface area contributed by atoms with Crippen molar-refractivity contribution < 1.29 is 13.2 Å². The van der Waals surface area contributed by atoms with Crippen molar-refractivity contribution in [3.05, 3.63) is 18.2 Å². The molecule has 0 atom stereocenters. The maximum atomic E-state index is 12.1. The SMILES string of the molecule is Nc1ccc2nnn(CC(F)(F)F)c2c1. The summed E-state index contributed by atoms with van der Waals surface area (Å²) in [4.78, 5) is 0. The molecule has 0 radical (unpaired) electrons. The van der Waals surface area contributed by atoms with E-state index in [1.54, 1.807) is 6.07 Å². The molecule has 1 aromatic carbocycles. The highest BCUT2D eigenvalue weighted by molar-refractivity contribution is 5.78. The van der Waals surface area contributed by atoms with E-state index in [9.17, 15) is 13.2 Å². The molecule has 0 aliphatic rings. The van der Waals surface area contributed by atoms with Crippen LogP contribution in [-0.4, -0.2) is 21.2 Å². The van der Waals surface area contributed by atoms with Crippen molar-refractivity contribution in [2.75, 3.05) is 5.73 Å². The zero-order chi connectivity index (χ0) is 11.1. The minimum Gasteiger partial charge on any atom is -0.399 e.